The van der Waals surface area contributed by atoms with Gasteiger partial charge in [0.1, 0.15) is 0 Å². The van der Waals surface area contributed by atoms with E-state index >= 15 is 0 Å². The Bertz CT molecular complexity index is 449. The van der Waals surface area contributed by atoms with E-state index in [1.807, 2.05) is 43.3 Å². The van der Waals surface area contributed by atoms with Crippen molar-refractivity contribution in [1.29, 1.82) is 0 Å². The lowest BCUT2D eigenvalue weighted by atomic mass is 10.1. The summed E-state index contributed by atoms with van der Waals surface area (Å²) in [6.45, 7) is 4.12. The topological polar surface area (TPSA) is 41.5 Å². The molecule has 0 saturated carbocycles. The Morgan fingerprint density at radius 3 is 2.65 bits per heavy atom. The fraction of sp³-hybridized carbons (Fsp3) is 0.412. The highest BCUT2D eigenvalue weighted by Crippen LogP contribution is 2.04. The van der Waals surface area contributed by atoms with Crippen molar-refractivity contribution >= 4 is 18.2 Å². The Morgan fingerprint density at radius 1 is 1.20 bits per heavy atom. The maximum absolute atomic E-state index is 11.5. The summed E-state index contributed by atoms with van der Waals surface area (Å²) in [6, 6.07) is 10.0. The third kappa shape index (κ3) is 7.52. The molecule has 0 spiro atoms. The van der Waals surface area contributed by atoms with Crippen LogP contribution in [0.2, 0.25) is 0 Å². The van der Waals surface area contributed by atoms with Gasteiger partial charge in [0.25, 0.3) is 0 Å². The zero-order valence-corrected chi connectivity index (χ0v) is 12.4. The van der Waals surface area contributed by atoms with Gasteiger partial charge in [-0.1, -0.05) is 62.6 Å². The first kappa shape index (κ1) is 16.2. The summed E-state index contributed by atoms with van der Waals surface area (Å²) >= 11 is 0. The smallest absolute Gasteiger partial charge is 0.240 e. The van der Waals surface area contributed by atoms with Gasteiger partial charge < -0.3 is 0 Å². The highest BCUT2D eigenvalue weighted by molar-refractivity contribution is 5.86. The number of nitrogens with one attached hydrogen (secondary N) is 1. The van der Waals surface area contributed by atoms with Crippen molar-refractivity contribution < 1.29 is 4.79 Å². The summed E-state index contributed by atoms with van der Waals surface area (Å²) in [6.07, 6.45) is 8.68. The predicted octanol–water partition coefficient (Wildman–Crippen LogP) is 4.16. The molecule has 0 aromatic heterocycles. The van der Waals surface area contributed by atoms with Crippen LogP contribution in [0.5, 0.6) is 0 Å². The van der Waals surface area contributed by atoms with Gasteiger partial charge >= 0.3 is 0 Å². The van der Waals surface area contributed by atoms with Gasteiger partial charge in [0.2, 0.25) is 5.91 Å². The van der Waals surface area contributed by atoms with E-state index in [1.165, 1.54) is 12.8 Å². The first-order valence-corrected chi connectivity index (χ1v) is 7.27. The Labute approximate surface area is 121 Å². The zero-order chi connectivity index (χ0) is 14.6. The molecule has 108 valence electrons. The number of unbranched alkanes of at least 4 members (excludes halogenated alkanes) is 3. The van der Waals surface area contributed by atoms with Crippen molar-refractivity contribution in [3.63, 3.8) is 0 Å². The van der Waals surface area contributed by atoms with E-state index in [2.05, 4.69) is 17.5 Å². The van der Waals surface area contributed by atoms with Gasteiger partial charge in [0.15, 0.2) is 0 Å². The number of amides is 1. The largest absolute Gasteiger partial charge is 0.273 e. The van der Waals surface area contributed by atoms with Gasteiger partial charge in [-0.15, -0.1) is 0 Å². The molecule has 1 N–H and O–H groups in total. The van der Waals surface area contributed by atoms with Crippen LogP contribution in [-0.4, -0.2) is 12.1 Å². The highest BCUT2D eigenvalue weighted by Gasteiger charge is 1.98. The molecule has 20 heavy (non-hydrogen) atoms. The zero-order valence-electron chi connectivity index (χ0n) is 12.4. The van der Waals surface area contributed by atoms with E-state index < -0.39 is 0 Å². The minimum Gasteiger partial charge on any atom is -0.273 e. The number of nitrogens with zero attached hydrogens (tertiary/aromatic N) is 1. The Balaban J connectivity index is 2.30. The lowest BCUT2D eigenvalue weighted by molar-refractivity contribution is -0.121. The minimum atomic E-state index is -0.00939. The van der Waals surface area contributed by atoms with Crippen molar-refractivity contribution in [2.75, 3.05) is 0 Å². The number of allylic oxidation sites excluding steroid dienone is 1. The van der Waals surface area contributed by atoms with Crippen molar-refractivity contribution in [2.45, 2.75) is 46.0 Å². The molecule has 0 radical (unpaired) electrons. The van der Waals surface area contributed by atoms with E-state index in [9.17, 15) is 4.79 Å². The van der Waals surface area contributed by atoms with Crippen LogP contribution in [0.1, 0.15) is 51.5 Å². The van der Waals surface area contributed by atoms with E-state index in [0.717, 1.165) is 24.0 Å². The number of carbonyl (C=O) groups is 1. The molecular weight excluding hydrogens is 248 g/mol. The summed E-state index contributed by atoms with van der Waals surface area (Å²) in [7, 11) is 0. The fourth-order valence-electron chi connectivity index (χ4n) is 1.82. The summed E-state index contributed by atoms with van der Waals surface area (Å²) < 4.78 is 0. The molecule has 0 saturated heterocycles. The van der Waals surface area contributed by atoms with Gasteiger partial charge in [-0.3, -0.25) is 4.79 Å². The van der Waals surface area contributed by atoms with E-state index in [-0.39, 0.29) is 5.91 Å². The maximum Gasteiger partial charge on any atom is 0.240 e. The molecule has 0 aliphatic rings. The second-order valence-corrected chi connectivity index (χ2v) is 4.90. The molecule has 1 aromatic rings. The van der Waals surface area contributed by atoms with Crippen LogP contribution in [0.25, 0.3) is 6.08 Å². The number of hydrogen-bond acceptors (Lipinski definition) is 2. The van der Waals surface area contributed by atoms with E-state index in [0.29, 0.717) is 6.42 Å². The third-order valence-electron chi connectivity index (χ3n) is 2.91. The van der Waals surface area contributed by atoms with Gasteiger partial charge in [-0.05, 0) is 24.5 Å². The molecule has 0 aliphatic carbocycles. The van der Waals surface area contributed by atoms with Crippen LogP contribution >= 0.6 is 0 Å². The molecule has 3 nitrogen and oxygen atoms in total. The molecule has 1 amide bonds. The molecule has 0 bridgehead atoms. The minimum absolute atomic E-state index is 0.00939. The first-order valence-electron chi connectivity index (χ1n) is 7.27. The number of benzene rings is 1. The predicted molar refractivity (Wildman–Crippen MR) is 85.5 cm³/mol. The number of rotatable bonds is 8. The summed E-state index contributed by atoms with van der Waals surface area (Å²) in [5.41, 5.74) is 4.70. The molecule has 0 aliphatic heterocycles. The lowest BCUT2D eigenvalue weighted by Gasteiger charge is -1.99. The number of hydrogen-bond donors (Lipinski definition) is 1. The van der Waals surface area contributed by atoms with Gasteiger partial charge in [0, 0.05) is 6.42 Å². The van der Waals surface area contributed by atoms with Gasteiger partial charge in [-0.2, -0.15) is 5.10 Å². The van der Waals surface area contributed by atoms with E-state index in [4.69, 9.17) is 0 Å². The van der Waals surface area contributed by atoms with Crippen LogP contribution in [0.15, 0.2) is 41.0 Å². The van der Waals surface area contributed by atoms with E-state index in [1.54, 1.807) is 6.21 Å². The van der Waals surface area contributed by atoms with Crippen molar-refractivity contribution in [3.05, 3.63) is 41.5 Å². The molecule has 0 fully saturated rings. The molecule has 1 aromatic carbocycles. The molecule has 0 unspecified atom stereocenters. The normalized spacial score (nSPS) is 11.8. The monoisotopic (exact) mass is 272 g/mol. The maximum atomic E-state index is 11.5. The highest BCUT2D eigenvalue weighted by atomic mass is 16.2. The molecule has 1 rings (SSSR count). The average Bonchev–Trinajstić information content (AvgIpc) is 2.45. The lowest BCUT2D eigenvalue weighted by Crippen LogP contribution is -2.16. The number of hydrazone groups is 1. The average molecular weight is 272 g/mol. The molecular formula is C17H24N2O. The summed E-state index contributed by atoms with van der Waals surface area (Å²) in [4.78, 5) is 11.5. The van der Waals surface area contributed by atoms with Crippen LogP contribution < -0.4 is 5.43 Å². The van der Waals surface area contributed by atoms with Crippen molar-refractivity contribution in [2.24, 2.45) is 5.10 Å². The number of carbonyl (C=O) groups excluding carboxylic acids is 1. The molecule has 3 heteroatoms. The van der Waals surface area contributed by atoms with Crippen LogP contribution in [0.3, 0.4) is 0 Å². The Morgan fingerprint density at radius 2 is 1.95 bits per heavy atom. The SMILES string of the molecule is CCCCCCC(=O)NN=CC(C)=Cc1ccccc1. The van der Waals surface area contributed by atoms with Crippen molar-refractivity contribution in [3.8, 4) is 0 Å². The van der Waals surface area contributed by atoms with Gasteiger partial charge in [-0.25, -0.2) is 5.43 Å². The Kier molecular flexibility index (Phi) is 8.04. The van der Waals surface area contributed by atoms with Gasteiger partial charge in [0.05, 0.1) is 6.21 Å². The fourth-order valence-corrected chi connectivity index (χ4v) is 1.82. The third-order valence-corrected chi connectivity index (χ3v) is 2.91. The second-order valence-electron chi connectivity index (χ2n) is 4.90. The summed E-state index contributed by atoms with van der Waals surface area (Å²) in [5.74, 6) is -0.00939. The summed E-state index contributed by atoms with van der Waals surface area (Å²) in [5, 5.41) is 3.97. The van der Waals surface area contributed by atoms with Crippen LogP contribution in [-0.2, 0) is 4.79 Å². The first-order chi connectivity index (χ1) is 9.72. The molecule has 0 atom stereocenters. The molecule has 0 heterocycles. The quantitative estimate of drug-likeness (QED) is 0.431. The van der Waals surface area contributed by atoms with Crippen molar-refractivity contribution in [1.82, 2.24) is 5.43 Å². The Hall–Kier alpha value is -1.90. The van der Waals surface area contributed by atoms with Crippen LogP contribution in [0.4, 0.5) is 0 Å². The van der Waals surface area contributed by atoms with Crippen LogP contribution in [0, 0.1) is 0 Å². The standard InChI is InChI=1S/C17H24N2O/c1-3-4-5-9-12-17(20)19-18-14-15(2)13-16-10-7-6-8-11-16/h6-8,10-11,13-14H,3-5,9,12H2,1-2H3,(H,19,20). The second kappa shape index (κ2) is 9.96.